The van der Waals surface area contributed by atoms with Crippen LogP contribution < -0.4 is 5.32 Å². The molecule has 0 atom stereocenters. The average Bonchev–Trinajstić information content (AvgIpc) is 2.76. The summed E-state index contributed by atoms with van der Waals surface area (Å²) in [7, 11) is 0. The number of halogens is 1. The van der Waals surface area contributed by atoms with Crippen LogP contribution in [0.5, 0.6) is 0 Å². The number of anilines is 1. The fraction of sp³-hybridized carbons (Fsp3) is 0.176. The molecule has 0 radical (unpaired) electrons. The molecule has 2 nitrogen and oxygen atoms in total. The lowest BCUT2D eigenvalue weighted by molar-refractivity contribution is 0.573. The van der Waals surface area contributed by atoms with Crippen molar-refractivity contribution in [3.63, 3.8) is 0 Å². The van der Waals surface area contributed by atoms with Crippen molar-refractivity contribution in [1.29, 1.82) is 0 Å². The van der Waals surface area contributed by atoms with Crippen molar-refractivity contribution < 1.29 is 8.81 Å². The SMILES string of the molecule is Cc1oc2ccccc2c1CNc1cccc(F)c1C. The Labute approximate surface area is 117 Å². The van der Waals surface area contributed by atoms with E-state index in [9.17, 15) is 4.39 Å². The fourth-order valence-electron chi connectivity index (χ4n) is 2.42. The minimum atomic E-state index is -0.191. The van der Waals surface area contributed by atoms with Crippen LogP contribution in [0.2, 0.25) is 0 Å². The highest BCUT2D eigenvalue weighted by Crippen LogP contribution is 2.26. The molecule has 0 spiro atoms. The summed E-state index contributed by atoms with van der Waals surface area (Å²) < 4.78 is 19.2. The van der Waals surface area contributed by atoms with Crippen LogP contribution in [0.3, 0.4) is 0 Å². The normalized spacial score (nSPS) is 10.9. The molecule has 2 aromatic carbocycles. The summed E-state index contributed by atoms with van der Waals surface area (Å²) in [5.41, 5.74) is 3.45. The van der Waals surface area contributed by atoms with E-state index in [1.165, 1.54) is 6.07 Å². The van der Waals surface area contributed by atoms with Gasteiger partial charge < -0.3 is 9.73 Å². The Hall–Kier alpha value is -2.29. The van der Waals surface area contributed by atoms with Crippen LogP contribution in [0.15, 0.2) is 46.9 Å². The summed E-state index contributed by atoms with van der Waals surface area (Å²) in [6.45, 7) is 4.35. The number of benzene rings is 2. The van der Waals surface area contributed by atoms with Crippen LogP contribution in [0.4, 0.5) is 10.1 Å². The molecule has 3 rings (SSSR count). The van der Waals surface area contributed by atoms with Gasteiger partial charge in [0.2, 0.25) is 0 Å². The molecule has 20 heavy (non-hydrogen) atoms. The van der Waals surface area contributed by atoms with E-state index in [0.717, 1.165) is 28.0 Å². The highest BCUT2D eigenvalue weighted by molar-refractivity contribution is 5.82. The first kappa shape index (κ1) is 12.7. The van der Waals surface area contributed by atoms with Crippen molar-refractivity contribution in [2.45, 2.75) is 20.4 Å². The second kappa shape index (κ2) is 5.00. The maximum atomic E-state index is 13.5. The molecule has 0 amide bonds. The third-order valence-corrected chi connectivity index (χ3v) is 3.62. The Kier molecular flexibility index (Phi) is 3.18. The van der Waals surface area contributed by atoms with Crippen LogP contribution >= 0.6 is 0 Å². The van der Waals surface area contributed by atoms with Crippen LogP contribution in [0.25, 0.3) is 11.0 Å². The highest BCUT2D eigenvalue weighted by Gasteiger charge is 2.11. The smallest absolute Gasteiger partial charge is 0.134 e. The van der Waals surface area contributed by atoms with Crippen molar-refractivity contribution in [3.05, 3.63) is 65.2 Å². The van der Waals surface area contributed by atoms with Crippen LogP contribution in [0, 0.1) is 19.7 Å². The van der Waals surface area contributed by atoms with Gasteiger partial charge in [-0.05, 0) is 32.0 Å². The number of hydrogen-bond donors (Lipinski definition) is 1. The summed E-state index contributed by atoms with van der Waals surface area (Å²) in [4.78, 5) is 0. The van der Waals surface area contributed by atoms with Gasteiger partial charge in [0.1, 0.15) is 17.2 Å². The quantitative estimate of drug-likeness (QED) is 0.738. The lowest BCUT2D eigenvalue weighted by atomic mass is 10.1. The minimum absolute atomic E-state index is 0.191. The molecule has 0 bridgehead atoms. The van der Waals surface area contributed by atoms with E-state index in [2.05, 4.69) is 5.32 Å². The molecule has 1 heterocycles. The molecule has 1 N–H and O–H groups in total. The topological polar surface area (TPSA) is 25.2 Å². The molecule has 0 aliphatic rings. The van der Waals surface area contributed by atoms with E-state index in [0.29, 0.717) is 12.1 Å². The average molecular weight is 269 g/mol. The molecule has 0 aliphatic heterocycles. The summed E-state index contributed by atoms with van der Waals surface area (Å²) in [6.07, 6.45) is 0. The van der Waals surface area contributed by atoms with Crippen molar-refractivity contribution in [1.82, 2.24) is 0 Å². The van der Waals surface area contributed by atoms with Crippen molar-refractivity contribution >= 4 is 16.7 Å². The van der Waals surface area contributed by atoms with E-state index in [4.69, 9.17) is 4.42 Å². The zero-order valence-corrected chi connectivity index (χ0v) is 11.5. The molecule has 0 saturated heterocycles. The fourth-order valence-corrected chi connectivity index (χ4v) is 2.42. The van der Waals surface area contributed by atoms with Gasteiger partial charge in [-0.15, -0.1) is 0 Å². The minimum Gasteiger partial charge on any atom is -0.461 e. The molecule has 102 valence electrons. The molecule has 3 aromatic rings. The Bertz CT molecular complexity index is 761. The monoisotopic (exact) mass is 269 g/mol. The first-order valence-electron chi connectivity index (χ1n) is 6.63. The van der Waals surface area contributed by atoms with Gasteiger partial charge in [-0.3, -0.25) is 0 Å². The third kappa shape index (κ3) is 2.16. The van der Waals surface area contributed by atoms with E-state index in [-0.39, 0.29) is 5.82 Å². The van der Waals surface area contributed by atoms with Gasteiger partial charge in [0.15, 0.2) is 0 Å². The summed E-state index contributed by atoms with van der Waals surface area (Å²) in [6, 6.07) is 13.0. The van der Waals surface area contributed by atoms with Gasteiger partial charge in [-0.25, -0.2) is 4.39 Å². The maximum absolute atomic E-state index is 13.5. The van der Waals surface area contributed by atoms with Gasteiger partial charge in [-0.1, -0.05) is 24.3 Å². The number of furan rings is 1. The molecular weight excluding hydrogens is 253 g/mol. The van der Waals surface area contributed by atoms with E-state index >= 15 is 0 Å². The standard InChI is InChI=1S/C17H16FNO/c1-11-15(18)7-5-8-16(11)19-10-14-12(2)20-17-9-4-3-6-13(14)17/h3-9,19H,10H2,1-2H3. The number of rotatable bonds is 3. The highest BCUT2D eigenvalue weighted by atomic mass is 19.1. The second-order valence-electron chi connectivity index (χ2n) is 4.90. The van der Waals surface area contributed by atoms with Crippen LogP contribution in [-0.2, 0) is 6.54 Å². The predicted molar refractivity (Wildman–Crippen MR) is 79.4 cm³/mol. The number of hydrogen-bond acceptors (Lipinski definition) is 2. The first-order valence-corrected chi connectivity index (χ1v) is 6.63. The maximum Gasteiger partial charge on any atom is 0.134 e. The molecule has 0 unspecified atom stereocenters. The largest absolute Gasteiger partial charge is 0.461 e. The zero-order valence-electron chi connectivity index (χ0n) is 11.5. The first-order chi connectivity index (χ1) is 9.66. The Morgan fingerprint density at radius 2 is 1.85 bits per heavy atom. The molecule has 0 saturated carbocycles. The van der Waals surface area contributed by atoms with Crippen LogP contribution in [-0.4, -0.2) is 0 Å². The van der Waals surface area contributed by atoms with Gasteiger partial charge in [0.05, 0.1) is 0 Å². The van der Waals surface area contributed by atoms with Gasteiger partial charge >= 0.3 is 0 Å². The third-order valence-electron chi connectivity index (χ3n) is 3.62. The molecule has 0 aliphatic carbocycles. The van der Waals surface area contributed by atoms with Gasteiger partial charge in [-0.2, -0.15) is 0 Å². The zero-order chi connectivity index (χ0) is 14.1. The lowest BCUT2D eigenvalue weighted by Gasteiger charge is -2.09. The number of para-hydroxylation sites is 1. The summed E-state index contributed by atoms with van der Waals surface area (Å²) in [5.74, 6) is 0.705. The van der Waals surface area contributed by atoms with Crippen molar-refractivity contribution in [3.8, 4) is 0 Å². The Morgan fingerprint density at radius 1 is 1.05 bits per heavy atom. The van der Waals surface area contributed by atoms with Gasteiger partial charge in [0, 0.05) is 28.7 Å². The second-order valence-corrected chi connectivity index (χ2v) is 4.90. The van der Waals surface area contributed by atoms with E-state index in [1.54, 1.807) is 13.0 Å². The van der Waals surface area contributed by atoms with Crippen LogP contribution in [0.1, 0.15) is 16.9 Å². The van der Waals surface area contributed by atoms with Gasteiger partial charge in [0.25, 0.3) is 0 Å². The predicted octanol–water partition coefficient (Wildman–Crippen LogP) is 4.80. The summed E-state index contributed by atoms with van der Waals surface area (Å²) in [5, 5.41) is 4.39. The van der Waals surface area contributed by atoms with Crippen molar-refractivity contribution in [2.75, 3.05) is 5.32 Å². The summed E-state index contributed by atoms with van der Waals surface area (Å²) >= 11 is 0. The molecule has 1 aromatic heterocycles. The van der Waals surface area contributed by atoms with E-state index < -0.39 is 0 Å². The number of nitrogens with one attached hydrogen (secondary N) is 1. The number of fused-ring (bicyclic) bond motifs is 1. The Balaban J connectivity index is 1.90. The van der Waals surface area contributed by atoms with E-state index in [1.807, 2.05) is 37.3 Å². The van der Waals surface area contributed by atoms with Crippen molar-refractivity contribution in [2.24, 2.45) is 0 Å². The molecular formula is C17H16FNO. The number of aryl methyl sites for hydroxylation is 1. The lowest BCUT2D eigenvalue weighted by Crippen LogP contribution is -2.02. The molecule has 0 fully saturated rings. The molecule has 3 heteroatoms. The Morgan fingerprint density at radius 3 is 2.70 bits per heavy atom.